The fourth-order valence-corrected chi connectivity index (χ4v) is 1.46. The highest BCUT2D eigenvalue weighted by atomic mass is 16.2. The van der Waals surface area contributed by atoms with Crippen LogP contribution in [0.15, 0.2) is 42.5 Å². The summed E-state index contributed by atoms with van der Waals surface area (Å²) in [5.74, 6) is -1.80. The van der Waals surface area contributed by atoms with E-state index in [1.165, 1.54) is 0 Å². The molecular weight excluding hydrogens is 204 g/mol. The smallest absolute Gasteiger partial charge is 0.313 e. The Hall–Kier alpha value is -2.36. The van der Waals surface area contributed by atoms with Gasteiger partial charge in [-0.25, -0.2) is 0 Å². The van der Waals surface area contributed by atoms with Crippen molar-refractivity contribution in [2.75, 3.05) is 5.32 Å². The summed E-state index contributed by atoms with van der Waals surface area (Å²) in [5.41, 5.74) is 5.40. The van der Waals surface area contributed by atoms with Crippen molar-refractivity contribution in [1.29, 1.82) is 0 Å². The zero-order valence-electron chi connectivity index (χ0n) is 8.44. The lowest BCUT2D eigenvalue weighted by Gasteiger charge is -2.04. The van der Waals surface area contributed by atoms with Gasteiger partial charge in [-0.1, -0.05) is 30.3 Å². The number of fused-ring (bicyclic) bond motifs is 1. The first kappa shape index (κ1) is 10.2. The van der Waals surface area contributed by atoms with E-state index < -0.39 is 11.8 Å². The summed E-state index contributed by atoms with van der Waals surface area (Å²) in [6.45, 7) is 0. The number of benzene rings is 2. The molecule has 0 unspecified atom stereocenters. The van der Waals surface area contributed by atoms with Gasteiger partial charge in [0.1, 0.15) is 0 Å². The molecule has 0 heterocycles. The fraction of sp³-hybridized carbons (Fsp3) is 0. The van der Waals surface area contributed by atoms with E-state index in [4.69, 9.17) is 5.73 Å². The van der Waals surface area contributed by atoms with E-state index in [-0.39, 0.29) is 0 Å². The summed E-state index contributed by atoms with van der Waals surface area (Å²) >= 11 is 0. The maximum Gasteiger partial charge on any atom is 0.313 e. The van der Waals surface area contributed by atoms with Gasteiger partial charge in [0.05, 0.1) is 0 Å². The summed E-state index contributed by atoms with van der Waals surface area (Å²) in [6, 6.07) is 13.1. The van der Waals surface area contributed by atoms with Crippen LogP contribution in [0.2, 0.25) is 0 Å². The molecule has 16 heavy (non-hydrogen) atoms. The molecule has 4 heteroatoms. The Balaban J connectivity index is 2.33. The van der Waals surface area contributed by atoms with Crippen LogP contribution in [0.3, 0.4) is 0 Å². The van der Waals surface area contributed by atoms with Crippen molar-refractivity contribution >= 4 is 28.3 Å². The van der Waals surface area contributed by atoms with Gasteiger partial charge in [0, 0.05) is 5.69 Å². The van der Waals surface area contributed by atoms with Crippen LogP contribution >= 0.6 is 0 Å². The van der Waals surface area contributed by atoms with Gasteiger partial charge < -0.3 is 11.1 Å². The van der Waals surface area contributed by atoms with E-state index in [1.54, 1.807) is 12.1 Å². The fourth-order valence-electron chi connectivity index (χ4n) is 1.46. The van der Waals surface area contributed by atoms with Crippen LogP contribution in [0.25, 0.3) is 10.8 Å². The van der Waals surface area contributed by atoms with Crippen molar-refractivity contribution in [2.24, 2.45) is 5.73 Å². The Labute approximate surface area is 92.1 Å². The van der Waals surface area contributed by atoms with Gasteiger partial charge in [-0.3, -0.25) is 9.59 Å². The molecule has 2 rings (SSSR count). The average molecular weight is 214 g/mol. The topological polar surface area (TPSA) is 72.2 Å². The lowest BCUT2D eigenvalue weighted by Crippen LogP contribution is -2.29. The molecule has 3 N–H and O–H groups in total. The van der Waals surface area contributed by atoms with Crippen molar-refractivity contribution in [2.45, 2.75) is 0 Å². The first-order valence-electron chi connectivity index (χ1n) is 4.76. The van der Waals surface area contributed by atoms with Gasteiger partial charge >= 0.3 is 11.8 Å². The van der Waals surface area contributed by atoms with Crippen LogP contribution in [0, 0.1) is 0 Å². The molecule has 0 radical (unpaired) electrons. The molecule has 2 amide bonds. The number of rotatable bonds is 1. The Morgan fingerprint density at radius 1 is 1.00 bits per heavy atom. The highest BCUT2D eigenvalue weighted by Crippen LogP contribution is 2.18. The number of hydrogen-bond acceptors (Lipinski definition) is 2. The molecule has 2 aromatic carbocycles. The van der Waals surface area contributed by atoms with Crippen molar-refractivity contribution < 1.29 is 9.59 Å². The predicted octanol–water partition coefficient (Wildman–Crippen LogP) is 1.26. The first-order chi connectivity index (χ1) is 7.66. The number of nitrogens with two attached hydrogens (primary N) is 1. The van der Waals surface area contributed by atoms with E-state index in [2.05, 4.69) is 5.32 Å². The number of anilines is 1. The molecule has 0 aliphatic carbocycles. The van der Waals surface area contributed by atoms with E-state index >= 15 is 0 Å². The Bertz CT molecular complexity index is 564. The van der Waals surface area contributed by atoms with Crippen molar-refractivity contribution in [3.05, 3.63) is 42.5 Å². The molecule has 0 fully saturated rings. The molecule has 0 atom stereocenters. The Morgan fingerprint density at radius 3 is 2.38 bits per heavy atom. The maximum atomic E-state index is 11.1. The first-order valence-corrected chi connectivity index (χ1v) is 4.76. The molecule has 0 bridgehead atoms. The lowest BCUT2D eigenvalue weighted by molar-refractivity contribution is -0.134. The number of hydrogen-bond donors (Lipinski definition) is 2. The highest BCUT2D eigenvalue weighted by Gasteiger charge is 2.08. The van der Waals surface area contributed by atoms with Crippen molar-refractivity contribution in [3.8, 4) is 0 Å². The molecule has 0 spiro atoms. The number of carbonyl (C=O) groups excluding carboxylic acids is 2. The van der Waals surface area contributed by atoms with Gasteiger partial charge in [0.25, 0.3) is 0 Å². The van der Waals surface area contributed by atoms with Crippen LogP contribution < -0.4 is 11.1 Å². The molecule has 80 valence electrons. The standard InChI is InChI=1S/C12H10N2O2/c13-11(15)12(16)14-10-6-5-8-3-1-2-4-9(8)7-10/h1-7H,(H2,13,15)(H,14,16). The average Bonchev–Trinajstić information content (AvgIpc) is 2.28. The van der Waals surface area contributed by atoms with Gasteiger partial charge in [0.15, 0.2) is 0 Å². The minimum atomic E-state index is -0.992. The second-order valence-electron chi connectivity index (χ2n) is 3.38. The zero-order valence-corrected chi connectivity index (χ0v) is 8.44. The van der Waals surface area contributed by atoms with Gasteiger partial charge in [-0.2, -0.15) is 0 Å². The molecule has 2 aromatic rings. The van der Waals surface area contributed by atoms with Gasteiger partial charge in [-0.15, -0.1) is 0 Å². The molecule has 0 saturated heterocycles. The maximum absolute atomic E-state index is 11.1. The van der Waals surface area contributed by atoms with Crippen LogP contribution in [0.1, 0.15) is 0 Å². The zero-order chi connectivity index (χ0) is 11.5. The SMILES string of the molecule is NC(=O)C(=O)Nc1ccc2ccccc2c1. The third-order valence-corrected chi connectivity index (χ3v) is 2.23. The van der Waals surface area contributed by atoms with Crippen molar-refractivity contribution in [3.63, 3.8) is 0 Å². The quantitative estimate of drug-likeness (QED) is 0.701. The normalized spacial score (nSPS) is 10.0. The summed E-state index contributed by atoms with van der Waals surface area (Å²) < 4.78 is 0. The summed E-state index contributed by atoms with van der Waals surface area (Å²) in [7, 11) is 0. The minimum Gasteiger partial charge on any atom is -0.361 e. The third-order valence-electron chi connectivity index (χ3n) is 2.23. The molecule has 0 aromatic heterocycles. The van der Waals surface area contributed by atoms with E-state index in [1.807, 2.05) is 30.3 Å². The van der Waals surface area contributed by atoms with Crippen LogP contribution in [-0.2, 0) is 9.59 Å². The molecule has 4 nitrogen and oxygen atoms in total. The number of amides is 2. The second kappa shape index (κ2) is 4.02. The predicted molar refractivity (Wildman–Crippen MR) is 61.8 cm³/mol. The monoisotopic (exact) mass is 214 g/mol. The lowest BCUT2D eigenvalue weighted by atomic mass is 10.1. The number of carbonyl (C=O) groups is 2. The van der Waals surface area contributed by atoms with Gasteiger partial charge in [0.2, 0.25) is 0 Å². The highest BCUT2D eigenvalue weighted by molar-refractivity contribution is 6.39. The second-order valence-corrected chi connectivity index (χ2v) is 3.38. The molecule has 0 saturated carbocycles. The van der Waals surface area contributed by atoms with Crippen LogP contribution in [0.5, 0.6) is 0 Å². The number of nitrogens with one attached hydrogen (secondary N) is 1. The third kappa shape index (κ3) is 2.00. The summed E-state index contributed by atoms with van der Waals surface area (Å²) in [6.07, 6.45) is 0. The number of primary amides is 1. The summed E-state index contributed by atoms with van der Waals surface area (Å²) in [5, 5.41) is 4.48. The van der Waals surface area contributed by atoms with Crippen LogP contribution in [-0.4, -0.2) is 11.8 Å². The Kier molecular flexibility index (Phi) is 2.55. The van der Waals surface area contributed by atoms with E-state index in [0.717, 1.165) is 10.8 Å². The Morgan fingerprint density at radius 2 is 1.69 bits per heavy atom. The van der Waals surface area contributed by atoms with E-state index in [0.29, 0.717) is 5.69 Å². The molecule has 0 aliphatic heterocycles. The van der Waals surface area contributed by atoms with Crippen LogP contribution in [0.4, 0.5) is 5.69 Å². The summed E-state index contributed by atoms with van der Waals surface area (Å²) in [4.78, 5) is 21.6. The molecule has 0 aliphatic rings. The van der Waals surface area contributed by atoms with Crippen molar-refractivity contribution in [1.82, 2.24) is 0 Å². The minimum absolute atomic E-state index is 0.558. The van der Waals surface area contributed by atoms with E-state index in [9.17, 15) is 9.59 Å². The van der Waals surface area contributed by atoms with Gasteiger partial charge in [-0.05, 0) is 22.9 Å². The molecular formula is C12H10N2O2. The largest absolute Gasteiger partial charge is 0.361 e.